The molecule has 0 amide bonds. The van der Waals surface area contributed by atoms with Crippen LogP contribution in [0.3, 0.4) is 0 Å². The van der Waals surface area contributed by atoms with Gasteiger partial charge in [0.15, 0.2) is 16.9 Å². The van der Waals surface area contributed by atoms with E-state index >= 15 is 0 Å². The third kappa shape index (κ3) is 4.54. The molecule has 1 unspecified atom stereocenters. The lowest BCUT2D eigenvalue weighted by Crippen LogP contribution is -2.37. The Hall–Kier alpha value is -4.77. The first kappa shape index (κ1) is 25.5. The maximum absolute atomic E-state index is 14.1. The summed E-state index contributed by atoms with van der Waals surface area (Å²) in [7, 11) is 1.63. The van der Waals surface area contributed by atoms with E-state index in [9.17, 15) is 10.1 Å². The molecule has 3 aromatic carbocycles. The summed E-state index contributed by atoms with van der Waals surface area (Å²) in [6.07, 6.45) is 0.373. The number of hydrogen-bond donors (Lipinski definition) is 0. The average molecular weight is 536 g/mol. The lowest BCUT2D eigenvalue weighted by Gasteiger charge is -2.34. The Labute approximate surface area is 232 Å². The molecule has 4 aromatic rings. The van der Waals surface area contributed by atoms with Crippen LogP contribution < -0.4 is 19.6 Å². The summed E-state index contributed by atoms with van der Waals surface area (Å²) < 4.78 is 23.2. The van der Waals surface area contributed by atoms with Crippen molar-refractivity contribution in [1.29, 1.82) is 5.26 Å². The van der Waals surface area contributed by atoms with E-state index in [0.717, 1.165) is 22.7 Å². The van der Waals surface area contributed by atoms with Crippen LogP contribution in [0.2, 0.25) is 0 Å². The van der Waals surface area contributed by atoms with Crippen molar-refractivity contribution in [3.8, 4) is 23.3 Å². The van der Waals surface area contributed by atoms with Gasteiger partial charge in [0.25, 0.3) is 0 Å². The van der Waals surface area contributed by atoms with E-state index in [1.807, 2.05) is 42.5 Å². The first-order valence-electron chi connectivity index (χ1n) is 13.3. The van der Waals surface area contributed by atoms with Gasteiger partial charge in [-0.15, -0.1) is 0 Å². The fourth-order valence-electron chi connectivity index (χ4n) is 5.54. The molecule has 202 valence electrons. The van der Waals surface area contributed by atoms with Crippen molar-refractivity contribution in [3.63, 3.8) is 0 Å². The average Bonchev–Trinajstić information content (AvgIpc) is 3.64. The van der Waals surface area contributed by atoms with Gasteiger partial charge < -0.3 is 23.5 Å². The number of nitriles is 1. The number of benzene rings is 3. The van der Waals surface area contributed by atoms with E-state index in [-0.39, 0.29) is 24.2 Å². The van der Waals surface area contributed by atoms with Gasteiger partial charge in [0.1, 0.15) is 22.9 Å². The van der Waals surface area contributed by atoms with E-state index in [1.165, 1.54) is 0 Å². The second-order valence-corrected chi connectivity index (χ2v) is 10.3. The van der Waals surface area contributed by atoms with Crippen molar-refractivity contribution >= 4 is 16.8 Å². The Morgan fingerprint density at radius 2 is 1.93 bits per heavy atom. The number of aliphatic imine (C=N–C) groups is 1. The smallest absolute Gasteiger partial charge is 0.231 e. The molecule has 1 aromatic heterocycles. The molecular weight excluding hydrogens is 506 g/mol. The summed E-state index contributed by atoms with van der Waals surface area (Å²) in [6.45, 7) is 5.72. The van der Waals surface area contributed by atoms with Gasteiger partial charge in [-0.05, 0) is 60.0 Å². The molecule has 8 nitrogen and oxygen atoms in total. The highest BCUT2D eigenvalue weighted by Gasteiger charge is 2.35. The molecule has 0 saturated carbocycles. The standard InChI is InChI=1S/C32H29N3O5/c1-19(2)29(35-12-11-34-32(35)22-8-10-26-28(16-22)39-18-38-26)31-25(14-20-5-4-6-23(13-20)37-3)30(36)24-9-7-21(17-33)15-27(24)40-31/h4-10,13,15-16,19,29H,11-12,14,18H2,1-3H3. The summed E-state index contributed by atoms with van der Waals surface area (Å²) in [6, 6.07) is 20.4. The molecule has 2 aliphatic heterocycles. The molecule has 0 spiro atoms. The first-order chi connectivity index (χ1) is 19.5. The Kier molecular flexibility index (Phi) is 6.64. The third-order valence-corrected chi connectivity index (χ3v) is 7.40. The number of fused-ring (bicyclic) bond motifs is 2. The van der Waals surface area contributed by atoms with Crippen molar-refractivity contribution in [1.82, 2.24) is 4.90 Å². The predicted molar refractivity (Wildman–Crippen MR) is 151 cm³/mol. The van der Waals surface area contributed by atoms with Gasteiger partial charge in [-0.3, -0.25) is 9.79 Å². The van der Waals surface area contributed by atoms with Crippen molar-refractivity contribution in [3.05, 3.63) is 98.9 Å². The van der Waals surface area contributed by atoms with Crippen LogP contribution in [0.1, 0.15) is 47.9 Å². The largest absolute Gasteiger partial charge is 0.497 e. The Morgan fingerprint density at radius 3 is 2.73 bits per heavy atom. The lowest BCUT2D eigenvalue weighted by atomic mass is 9.91. The van der Waals surface area contributed by atoms with Gasteiger partial charge in [0.2, 0.25) is 6.79 Å². The highest BCUT2D eigenvalue weighted by molar-refractivity contribution is 6.00. The second kappa shape index (κ2) is 10.4. The number of hydrogen-bond acceptors (Lipinski definition) is 8. The first-order valence-corrected chi connectivity index (χ1v) is 13.3. The number of nitrogens with zero attached hydrogens (tertiary/aromatic N) is 3. The molecule has 0 bridgehead atoms. The van der Waals surface area contributed by atoms with E-state index < -0.39 is 0 Å². The molecule has 2 aliphatic rings. The number of rotatable bonds is 7. The van der Waals surface area contributed by atoms with Crippen LogP contribution in [-0.4, -0.2) is 37.7 Å². The zero-order chi connectivity index (χ0) is 27.8. The summed E-state index contributed by atoms with van der Waals surface area (Å²) in [4.78, 5) is 21.2. The van der Waals surface area contributed by atoms with Gasteiger partial charge in [-0.2, -0.15) is 5.26 Å². The van der Waals surface area contributed by atoms with Gasteiger partial charge in [0.05, 0.1) is 36.7 Å². The highest BCUT2D eigenvalue weighted by Crippen LogP contribution is 2.38. The molecule has 0 fully saturated rings. The molecule has 1 atom stereocenters. The molecule has 40 heavy (non-hydrogen) atoms. The van der Waals surface area contributed by atoms with Gasteiger partial charge in [-0.25, -0.2) is 0 Å². The summed E-state index contributed by atoms with van der Waals surface area (Å²) in [5.74, 6) is 3.59. The molecule has 0 radical (unpaired) electrons. The van der Waals surface area contributed by atoms with Crippen LogP contribution in [0, 0.1) is 17.2 Å². The summed E-state index contributed by atoms with van der Waals surface area (Å²) in [5, 5.41) is 9.96. The maximum atomic E-state index is 14.1. The summed E-state index contributed by atoms with van der Waals surface area (Å²) >= 11 is 0. The predicted octanol–water partition coefficient (Wildman–Crippen LogP) is 5.45. The van der Waals surface area contributed by atoms with Gasteiger partial charge in [-0.1, -0.05) is 26.0 Å². The zero-order valence-electron chi connectivity index (χ0n) is 22.6. The van der Waals surface area contributed by atoms with Crippen LogP contribution in [0.15, 0.2) is 74.9 Å². The fourth-order valence-corrected chi connectivity index (χ4v) is 5.54. The number of methoxy groups -OCH3 is 1. The molecule has 0 saturated heterocycles. The van der Waals surface area contributed by atoms with Crippen molar-refractivity contribution in [2.75, 3.05) is 27.0 Å². The minimum Gasteiger partial charge on any atom is -0.497 e. The van der Waals surface area contributed by atoms with Crippen LogP contribution in [0.25, 0.3) is 11.0 Å². The van der Waals surface area contributed by atoms with Crippen molar-refractivity contribution in [2.45, 2.75) is 26.3 Å². The SMILES string of the molecule is COc1cccc(Cc2c(C(C(C)C)N3CCN=C3c3ccc4c(c3)OCO4)oc3cc(C#N)ccc3c2=O)c1. The fraction of sp³-hybridized carbons (Fsp3) is 0.281. The zero-order valence-corrected chi connectivity index (χ0v) is 22.6. The summed E-state index contributed by atoms with van der Waals surface area (Å²) in [5.41, 5.74) is 3.18. The third-order valence-electron chi connectivity index (χ3n) is 7.40. The minimum atomic E-state index is -0.282. The quantitative estimate of drug-likeness (QED) is 0.310. The maximum Gasteiger partial charge on any atom is 0.231 e. The number of ether oxygens (including phenoxy) is 3. The molecule has 0 aliphatic carbocycles. The Bertz CT molecular complexity index is 1730. The molecule has 6 rings (SSSR count). The van der Waals surface area contributed by atoms with Crippen molar-refractivity contribution in [2.24, 2.45) is 10.9 Å². The monoisotopic (exact) mass is 535 g/mol. The minimum absolute atomic E-state index is 0.0705. The van der Waals surface area contributed by atoms with E-state index in [0.29, 0.717) is 58.9 Å². The van der Waals surface area contributed by atoms with Crippen LogP contribution in [0.4, 0.5) is 0 Å². The molecular formula is C32H29N3O5. The molecule has 8 heteroatoms. The van der Waals surface area contributed by atoms with Crippen LogP contribution >= 0.6 is 0 Å². The number of amidine groups is 1. The molecule has 0 N–H and O–H groups in total. The van der Waals surface area contributed by atoms with E-state index in [4.69, 9.17) is 23.6 Å². The van der Waals surface area contributed by atoms with Crippen LogP contribution in [0.5, 0.6) is 17.2 Å². The van der Waals surface area contributed by atoms with Crippen molar-refractivity contribution < 1.29 is 18.6 Å². The van der Waals surface area contributed by atoms with Crippen LogP contribution in [-0.2, 0) is 6.42 Å². The van der Waals surface area contributed by atoms with E-state index in [2.05, 4.69) is 24.8 Å². The molecule has 3 heterocycles. The Balaban J connectivity index is 1.51. The van der Waals surface area contributed by atoms with Gasteiger partial charge >= 0.3 is 0 Å². The second-order valence-electron chi connectivity index (χ2n) is 10.3. The lowest BCUT2D eigenvalue weighted by molar-refractivity contribution is 0.174. The topological polar surface area (TPSA) is 97.3 Å². The van der Waals surface area contributed by atoms with Gasteiger partial charge in [0, 0.05) is 24.1 Å². The van der Waals surface area contributed by atoms with E-state index in [1.54, 1.807) is 25.3 Å². The Morgan fingerprint density at radius 1 is 1.07 bits per heavy atom. The normalized spacial score (nSPS) is 14.9. The highest BCUT2D eigenvalue weighted by atomic mass is 16.7.